The number of methoxy groups -OCH3 is 1. The average Bonchev–Trinajstić information content (AvgIpc) is 2.72. The molecule has 2 aromatic carbocycles. The Balaban J connectivity index is 1.62. The number of anilines is 1. The monoisotopic (exact) mass is 379 g/mol. The van der Waals surface area contributed by atoms with Crippen LogP contribution in [0.25, 0.3) is 0 Å². The van der Waals surface area contributed by atoms with Crippen LogP contribution in [0.2, 0.25) is 0 Å². The van der Waals surface area contributed by atoms with E-state index in [0.29, 0.717) is 29.6 Å². The molecule has 8 heteroatoms. The van der Waals surface area contributed by atoms with Gasteiger partial charge in [0.2, 0.25) is 0 Å². The summed E-state index contributed by atoms with van der Waals surface area (Å²) in [6, 6.07) is 15.7. The minimum Gasteiger partial charge on any atom is -0.493 e. The van der Waals surface area contributed by atoms with E-state index < -0.39 is 5.69 Å². The Bertz CT molecular complexity index is 1000. The highest BCUT2D eigenvalue weighted by Gasteiger charge is 2.06. The van der Waals surface area contributed by atoms with E-state index in [1.165, 1.54) is 5.56 Å². The molecule has 28 heavy (non-hydrogen) atoms. The molecule has 0 aliphatic carbocycles. The fourth-order valence-electron chi connectivity index (χ4n) is 2.47. The Morgan fingerprint density at radius 1 is 1.18 bits per heavy atom. The molecular weight excluding hydrogens is 358 g/mol. The molecule has 1 aromatic heterocycles. The van der Waals surface area contributed by atoms with Crippen LogP contribution in [0, 0.1) is 6.92 Å². The third-order valence-electron chi connectivity index (χ3n) is 3.94. The van der Waals surface area contributed by atoms with Gasteiger partial charge in [0, 0.05) is 6.42 Å². The largest absolute Gasteiger partial charge is 0.493 e. The number of aromatic amines is 1. The number of hydrogen-bond acceptors (Lipinski definition) is 7. The van der Waals surface area contributed by atoms with Gasteiger partial charge in [0.25, 0.3) is 0 Å². The van der Waals surface area contributed by atoms with Crippen molar-refractivity contribution in [2.24, 2.45) is 5.10 Å². The fourth-order valence-corrected chi connectivity index (χ4v) is 2.47. The number of aryl methyl sites for hydroxylation is 1. The highest BCUT2D eigenvalue weighted by atomic mass is 16.5. The predicted octanol–water partition coefficient (Wildman–Crippen LogP) is 2.55. The second-order valence-corrected chi connectivity index (χ2v) is 5.94. The van der Waals surface area contributed by atoms with Gasteiger partial charge in [-0.15, -0.1) is 0 Å². The maximum Gasteiger partial charge on any atom is 0.363 e. The molecule has 0 radical (unpaired) electrons. The first kappa shape index (κ1) is 19.1. The molecule has 0 bridgehead atoms. The van der Waals surface area contributed by atoms with Gasteiger partial charge < -0.3 is 9.47 Å². The lowest BCUT2D eigenvalue weighted by molar-refractivity contribution is 0.297. The summed E-state index contributed by atoms with van der Waals surface area (Å²) in [5.41, 5.74) is 4.73. The summed E-state index contributed by atoms with van der Waals surface area (Å²) in [6.45, 7) is 2.27. The van der Waals surface area contributed by atoms with Gasteiger partial charge in [0.05, 0.1) is 19.9 Å². The van der Waals surface area contributed by atoms with Crippen LogP contribution in [-0.4, -0.2) is 35.1 Å². The molecule has 2 N–H and O–H groups in total. The minimum absolute atomic E-state index is 0.299. The third kappa shape index (κ3) is 5.16. The van der Waals surface area contributed by atoms with Gasteiger partial charge in [-0.3, -0.25) is 5.43 Å². The van der Waals surface area contributed by atoms with Gasteiger partial charge in [0.1, 0.15) is 5.69 Å². The lowest BCUT2D eigenvalue weighted by Crippen LogP contribution is -2.15. The van der Waals surface area contributed by atoms with Crippen molar-refractivity contribution in [1.29, 1.82) is 0 Å². The topological polar surface area (TPSA) is 101 Å². The zero-order chi connectivity index (χ0) is 19.8. The Labute approximate surface area is 162 Å². The summed E-state index contributed by atoms with van der Waals surface area (Å²) in [5.74, 6) is 1.58. The standard InChI is InChI=1S/C20H21N5O3/c1-14-19(22-20(26)25-23-14)24-21-13-16-8-9-17(18(12-16)27-2)28-11-10-15-6-4-3-5-7-15/h3-9,12-13H,10-11H2,1-2H3,(H2,22,24,25,26). The molecule has 144 valence electrons. The Hall–Kier alpha value is -3.68. The van der Waals surface area contributed by atoms with E-state index in [-0.39, 0.29) is 0 Å². The van der Waals surface area contributed by atoms with Crippen LogP contribution in [0.1, 0.15) is 16.8 Å². The maximum absolute atomic E-state index is 11.2. The Morgan fingerprint density at radius 2 is 2.00 bits per heavy atom. The fraction of sp³-hybridized carbons (Fsp3) is 0.200. The van der Waals surface area contributed by atoms with E-state index >= 15 is 0 Å². The second-order valence-electron chi connectivity index (χ2n) is 5.94. The molecule has 0 saturated heterocycles. The zero-order valence-corrected chi connectivity index (χ0v) is 15.7. The maximum atomic E-state index is 11.2. The predicted molar refractivity (Wildman–Crippen MR) is 107 cm³/mol. The average molecular weight is 379 g/mol. The normalized spacial score (nSPS) is 10.8. The molecule has 0 aliphatic rings. The smallest absolute Gasteiger partial charge is 0.363 e. The van der Waals surface area contributed by atoms with Gasteiger partial charge in [-0.2, -0.15) is 15.2 Å². The quantitative estimate of drug-likeness (QED) is 0.461. The molecule has 3 aromatic rings. The molecule has 1 heterocycles. The number of nitrogens with one attached hydrogen (secondary N) is 2. The van der Waals surface area contributed by atoms with E-state index in [1.807, 2.05) is 36.4 Å². The molecule has 0 unspecified atom stereocenters. The van der Waals surface area contributed by atoms with Crippen LogP contribution in [0.4, 0.5) is 5.82 Å². The van der Waals surface area contributed by atoms with Crippen molar-refractivity contribution in [3.05, 3.63) is 75.8 Å². The van der Waals surface area contributed by atoms with Gasteiger partial charge in [-0.1, -0.05) is 30.3 Å². The lowest BCUT2D eigenvalue weighted by atomic mass is 10.2. The molecule has 0 saturated carbocycles. The number of aromatic nitrogens is 3. The highest BCUT2D eigenvalue weighted by Crippen LogP contribution is 2.27. The van der Waals surface area contributed by atoms with Crippen LogP contribution >= 0.6 is 0 Å². The number of H-pyrrole nitrogens is 1. The van der Waals surface area contributed by atoms with E-state index in [1.54, 1.807) is 20.2 Å². The van der Waals surface area contributed by atoms with Crippen molar-refractivity contribution in [2.75, 3.05) is 19.1 Å². The van der Waals surface area contributed by atoms with Gasteiger partial charge in [-0.25, -0.2) is 9.89 Å². The van der Waals surface area contributed by atoms with E-state index in [0.717, 1.165) is 12.0 Å². The Kier molecular flexibility index (Phi) is 6.35. The van der Waals surface area contributed by atoms with E-state index in [4.69, 9.17) is 9.47 Å². The van der Waals surface area contributed by atoms with Crippen LogP contribution in [-0.2, 0) is 6.42 Å². The molecule has 0 spiro atoms. The van der Waals surface area contributed by atoms with Crippen LogP contribution in [0.5, 0.6) is 11.5 Å². The van der Waals surface area contributed by atoms with Crippen LogP contribution in [0.3, 0.4) is 0 Å². The van der Waals surface area contributed by atoms with Crippen molar-refractivity contribution < 1.29 is 9.47 Å². The molecule has 0 amide bonds. The number of hydrazone groups is 1. The van der Waals surface area contributed by atoms with Crippen molar-refractivity contribution in [3.8, 4) is 11.5 Å². The van der Waals surface area contributed by atoms with Crippen molar-refractivity contribution in [2.45, 2.75) is 13.3 Å². The summed E-state index contributed by atoms with van der Waals surface area (Å²) in [4.78, 5) is 15.0. The molecule has 8 nitrogen and oxygen atoms in total. The second kappa shape index (κ2) is 9.31. The summed E-state index contributed by atoms with van der Waals surface area (Å²) in [7, 11) is 1.59. The number of hydrogen-bond donors (Lipinski definition) is 2. The number of rotatable bonds is 8. The molecular formula is C20H21N5O3. The first-order valence-electron chi connectivity index (χ1n) is 8.73. The van der Waals surface area contributed by atoms with Crippen molar-refractivity contribution in [1.82, 2.24) is 15.2 Å². The summed E-state index contributed by atoms with van der Waals surface area (Å²) < 4.78 is 11.3. The Morgan fingerprint density at radius 3 is 2.79 bits per heavy atom. The minimum atomic E-state index is -0.540. The first-order chi connectivity index (χ1) is 13.7. The van der Waals surface area contributed by atoms with Gasteiger partial charge >= 0.3 is 5.69 Å². The third-order valence-corrected chi connectivity index (χ3v) is 3.94. The number of benzene rings is 2. The molecule has 0 atom stereocenters. The zero-order valence-electron chi connectivity index (χ0n) is 15.7. The van der Waals surface area contributed by atoms with Crippen LogP contribution in [0.15, 0.2) is 58.4 Å². The molecule has 0 aliphatic heterocycles. The molecule has 0 fully saturated rings. The number of ether oxygens (including phenoxy) is 2. The van der Waals surface area contributed by atoms with Crippen LogP contribution < -0.4 is 20.6 Å². The highest BCUT2D eigenvalue weighted by molar-refractivity contribution is 5.81. The van der Waals surface area contributed by atoms with Gasteiger partial charge in [0.15, 0.2) is 17.3 Å². The first-order valence-corrected chi connectivity index (χ1v) is 8.73. The summed E-state index contributed by atoms with van der Waals surface area (Å²) in [5, 5.41) is 10.2. The van der Waals surface area contributed by atoms with E-state index in [9.17, 15) is 4.79 Å². The van der Waals surface area contributed by atoms with Gasteiger partial charge in [-0.05, 0) is 36.2 Å². The molecule has 3 rings (SSSR count). The summed E-state index contributed by atoms with van der Waals surface area (Å²) in [6.07, 6.45) is 2.41. The van der Waals surface area contributed by atoms with Crippen molar-refractivity contribution in [3.63, 3.8) is 0 Å². The SMILES string of the molecule is COc1cc(C=NNc2nc(=O)[nH]nc2C)ccc1OCCc1ccccc1. The van der Waals surface area contributed by atoms with Crippen molar-refractivity contribution >= 4 is 12.0 Å². The number of nitrogens with zero attached hydrogens (tertiary/aromatic N) is 3. The lowest BCUT2D eigenvalue weighted by Gasteiger charge is -2.11. The summed E-state index contributed by atoms with van der Waals surface area (Å²) >= 11 is 0. The van der Waals surface area contributed by atoms with E-state index in [2.05, 4.69) is 37.8 Å².